The molecule has 6 heteroatoms. The van der Waals surface area contributed by atoms with Crippen molar-refractivity contribution in [2.75, 3.05) is 13.4 Å². The van der Waals surface area contributed by atoms with E-state index >= 15 is 0 Å². The lowest BCUT2D eigenvalue weighted by Crippen LogP contribution is -2.15. The summed E-state index contributed by atoms with van der Waals surface area (Å²) in [5.74, 6) is 0.0949. The Kier molecular flexibility index (Phi) is 5.60. The van der Waals surface area contributed by atoms with Gasteiger partial charge in [-0.2, -0.15) is 0 Å². The second kappa shape index (κ2) is 8.47. The van der Waals surface area contributed by atoms with Crippen LogP contribution in [0, 0.1) is 0 Å². The lowest BCUT2D eigenvalue weighted by atomic mass is 9.89. The lowest BCUT2D eigenvalue weighted by molar-refractivity contribution is -0.142. The molecule has 0 atom stereocenters. The van der Waals surface area contributed by atoms with Crippen LogP contribution in [0.2, 0.25) is 0 Å². The van der Waals surface area contributed by atoms with Crippen LogP contribution in [-0.4, -0.2) is 30.9 Å². The highest BCUT2D eigenvalue weighted by atomic mass is 16.7. The van der Waals surface area contributed by atoms with E-state index in [1.165, 1.54) is 17.5 Å². The van der Waals surface area contributed by atoms with Gasteiger partial charge in [0.1, 0.15) is 0 Å². The Balaban J connectivity index is 1.25. The summed E-state index contributed by atoms with van der Waals surface area (Å²) < 4.78 is 15.5. The molecule has 0 spiro atoms. The number of hydrogen-bond donors (Lipinski definition) is 0. The van der Waals surface area contributed by atoms with Crippen molar-refractivity contribution in [3.8, 4) is 11.5 Å². The van der Waals surface area contributed by atoms with Gasteiger partial charge in [-0.05, 0) is 61.1 Å². The molecular formula is C23H22O6. The third-order valence-electron chi connectivity index (χ3n) is 5.29. The van der Waals surface area contributed by atoms with Crippen molar-refractivity contribution in [2.45, 2.75) is 38.5 Å². The Labute approximate surface area is 168 Å². The molecule has 1 aliphatic carbocycles. The molecule has 150 valence electrons. The third-order valence-corrected chi connectivity index (χ3v) is 5.29. The number of fused-ring (bicyclic) bond motifs is 2. The van der Waals surface area contributed by atoms with Crippen molar-refractivity contribution < 1.29 is 28.6 Å². The maximum Gasteiger partial charge on any atom is 0.306 e. The maximum atomic E-state index is 12.4. The number of benzene rings is 2. The van der Waals surface area contributed by atoms with Crippen molar-refractivity contribution in [3.05, 3.63) is 58.7 Å². The number of carbonyl (C=O) groups excluding carboxylic acids is 3. The molecule has 0 amide bonds. The maximum absolute atomic E-state index is 12.4. The fourth-order valence-corrected chi connectivity index (χ4v) is 3.64. The molecule has 0 fully saturated rings. The van der Waals surface area contributed by atoms with E-state index in [1.54, 1.807) is 18.2 Å². The van der Waals surface area contributed by atoms with Gasteiger partial charge in [0.05, 0.1) is 6.42 Å². The first-order chi connectivity index (χ1) is 14.1. The second-order valence-electron chi connectivity index (χ2n) is 7.27. The minimum Gasteiger partial charge on any atom is -0.457 e. The molecule has 29 heavy (non-hydrogen) atoms. The van der Waals surface area contributed by atoms with Gasteiger partial charge in [0.15, 0.2) is 29.7 Å². The van der Waals surface area contributed by atoms with Crippen LogP contribution >= 0.6 is 0 Å². The first kappa shape index (κ1) is 19.2. The average molecular weight is 394 g/mol. The van der Waals surface area contributed by atoms with Crippen LogP contribution in [0.3, 0.4) is 0 Å². The fraction of sp³-hybridized carbons (Fsp3) is 0.348. The van der Waals surface area contributed by atoms with E-state index in [0.717, 1.165) is 19.3 Å². The zero-order valence-electron chi connectivity index (χ0n) is 16.1. The molecule has 1 heterocycles. The first-order valence-corrected chi connectivity index (χ1v) is 9.83. The van der Waals surface area contributed by atoms with Gasteiger partial charge in [0, 0.05) is 17.5 Å². The van der Waals surface area contributed by atoms with Crippen molar-refractivity contribution in [1.29, 1.82) is 0 Å². The van der Waals surface area contributed by atoms with Gasteiger partial charge >= 0.3 is 5.97 Å². The normalized spacial score (nSPS) is 14.2. The quantitative estimate of drug-likeness (QED) is 0.527. The van der Waals surface area contributed by atoms with Crippen molar-refractivity contribution in [3.63, 3.8) is 0 Å². The van der Waals surface area contributed by atoms with E-state index in [1.807, 2.05) is 18.2 Å². The van der Waals surface area contributed by atoms with Gasteiger partial charge in [0.2, 0.25) is 6.79 Å². The molecule has 2 aliphatic rings. The van der Waals surface area contributed by atoms with Crippen LogP contribution < -0.4 is 9.47 Å². The van der Waals surface area contributed by atoms with E-state index in [9.17, 15) is 14.4 Å². The van der Waals surface area contributed by atoms with Gasteiger partial charge in [-0.15, -0.1) is 0 Å². The number of esters is 1. The predicted molar refractivity (Wildman–Crippen MR) is 105 cm³/mol. The Morgan fingerprint density at radius 3 is 2.38 bits per heavy atom. The summed E-state index contributed by atoms with van der Waals surface area (Å²) in [6.07, 6.45) is 4.42. The summed E-state index contributed by atoms with van der Waals surface area (Å²) in [6, 6.07) is 10.6. The molecular weight excluding hydrogens is 372 g/mol. The molecule has 0 unspecified atom stereocenters. The third kappa shape index (κ3) is 4.47. The Bertz CT molecular complexity index is 962. The molecule has 0 aromatic heterocycles. The Morgan fingerprint density at radius 1 is 0.793 bits per heavy atom. The van der Waals surface area contributed by atoms with E-state index in [-0.39, 0.29) is 37.8 Å². The number of hydrogen-bond acceptors (Lipinski definition) is 6. The van der Waals surface area contributed by atoms with Gasteiger partial charge in [0.25, 0.3) is 0 Å². The SMILES string of the molecule is O=C(CCC(=O)c1ccc2c(c1)CCCC2)OCC(=O)c1ccc2c(c1)OCO2. The highest BCUT2D eigenvalue weighted by molar-refractivity contribution is 5.99. The number of carbonyl (C=O) groups is 3. The van der Waals surface area contributed by atoms with E-state index < -0.39 is 5.97 Å². The number of ketones is 2. The molecule has 0 bridgehead atoms. The van der Waals surface area contributed by atoms with Crippen LogP contribution in [0.4, 0.5) is 0 Å². The Morgan fingerprint density at radius 2 is 1.52 bits per heavy atom. The molecule has 0 saturated heterocycles. The number of aryl methyl sites for hydroxylation is 2. The van der Waals surface area contributed by atoms with Crippen LogP contribution in [0.15, 0.2) is 36.4 Å². The number of ether oxygens (including phenoxy) is 3. The lowest BCUT2D eigenvalue weighted by Gasteiger charge is -2.16. The highest BCUT2D eigenvalue weighted by Gasteiger charge is 2.18. The standard InChI is InChI=1S/C23H22O6/c24-19(17-6-5-15-3-1-2-4-16(15)11-17)8-10-23(26)27-13-20(25)18-7-9-21-22(12-18)29-14-28-21/h5-7,9,11-12H,1-4,8,10,13-14H2. The average Bonchev–Trinajstić information content (AvgIpc) is 3.23. The molecule has 2 aromatic carbocycles. The summed E-state index contributed by atoms with van der Waals surface area (Å²) in [5, 5.41) is 0. The zero-order valence-corrected chi connectivity index (χ0v) is 16.1. The summed E-state index contributed by atoms with van der Waals surface area (Å²) in [4.78, 5) is 36.6. The minimum atomic E-state index is -0.564. The van der Waals surface area contributed by atoms with Gasteiger partial charge in [-0.25, -0.2) is 0 Å². The fourth-order valence-electron chi connectivity index (χ4n) is 3.64. The number of rotatable bonds is 7. The molecule has 0 saturated carbocycles. The van der Waals surface area contributed by atoms with Crippen LogP contribution in [0.5, 0.6) is 11.5 Å². The highest BCUT2D eigenvalue weighted by Crippen LogP contribution is 2.32. The van der Waals surface area contributed by atoms with Crippen molar-refractivity contribution in [1.82, 2.24) is 0 Å². The van der Waals surface area contributed by atoms with Crippen LogP contribution in [0.1, 0.15) is 57.5 Å². The minimum absolute atomic E-state index is 0.0513. The smallest absolute Gasteiger partial charge is 0.306 e. The van der Waals surface area contributed by atoms with E-state index in [2.05, 4.69) is 0 Å². The monoisotopic (exact) mass is 394 g/mol. The van der Waals surface area contributed by atoms with Gasteiger partial charge in [-0.3, -0.25) is 14.4 Å². The molecule has 2 aromatic rings. The molecule has 0 N–H and O–H groups in total. The largest absolute Gasteiger partial charge is 0.457 e. The predicted octanol–water partition coefficient (Wildman–Crippen LogP) is 3.68. The van der Waals surface area contributed by atoms with E-state index in [0.29, 0.717) is 22.6 Å². The van der Waals surface area contributed by atoms with Crippen molar-refractivity contribution >= 4 is 17.5 Å². The second-order valence-corrected chi connectivity index (χ2v) is 7.27. The number of Topliss-reactive ketones (excluding diaryl/α,β-unsaturated/α-hetero) is 2. The summed E-state index contributed by atoms with van der Waals surface area (Å²) in [5.41, 5.74) is 3.57. The Hall–Kier alpha value is -3.15. The first-order valence-electron chi connectivity index (χ1n) is 9.83. The topological polar surface area (TPSA) is 78.9 Å². The summed E-state index contributed by atoms with van der Waals surface area (Å²) >= 11 is 0. The molecule has 1 aliphatic heterocycles. The van der Waals surface area contributed by atoms with Crippen LogP contribution in [0.25, 0.3) is 0 Å². The van der Waals surface area contributed by atoms with Crippen LogP contribution in [-0.2, 0) is 22.4 Å². The van der Waals surface area contributed by atoms with Crippen molar-refractivity contribution in [2.24, 2.45) is 0 Å². The molecule has 6 nitrogen and oxygen atoms in total. The summed E-state index contributed by atoms with van der Waals surface area (Å²) in [7, 11) is 0. The van der Waals surface area contributed by atoms with Gasteiger partial charge < -0.3 is 14.2 Å². The molecule has 4 rings (SSSR count). The van der Waals surface area contributed by atoms with E-state index in [4.69, 9.17) is 14.2 Å². The van der Waals surface area contributed by atoms with Gasteiger partial charge in [-0.1, -0.05) is 12.1 Å². The molecule has 0 radical (unpaired) electrons. The zero-order chi connectivity index (χ0) is 20.2. The summed E-state index contributed by atoms with van der Waals surface area (Å²) in [6.45, 7) is -0.244.